The van der Waals surface area contributed by atoms with Gasteiger partial charge in [0.2, 0.25) is 0 Å². The number of likely N-dealkylation sites (N-methyl/N-ethyl adjacent to an activating group) is 1. The third-order valence-electron chi connectivity index (χ3n) is 3.40. The van der Waals surface area contributed by atoms with Crippen LogP contribution in [0.4, 0.5) is 0 Å². The number of hydrogen-bond donors (Lipinski definition) is 1. The molecule has 1 aromatic heterocycles. The Bertz CT molecular complexity index is 455. The molecule has 0 saturated carbocycles. The predicted molar refractivity (Wildman–Crippen MR) is 81.7 cm³/mol. The zero-order valence-electron chi connectivity index (χ0n) is 11.5. The molecule has 0 aliphatic carbocycles. The highest BCUT2D eigenvalue weighted by Crippen LogP contribution is 2.24. The van der Waals surface area contributed by atoms with E-state index in [1.165, 1.54) is 10.4 Å². The maximum absolute atomic E-state index is 5.70. The predicted octanol–water partition coefficient (Wildman–Crippen LogP) is 3.66. The number of methoxy groups -OCH3 is 1. The molecule has 2 rings (SSSR count). The van der Waals surface area contributed by atoms with Crippen LogP contribution in [0, 0.1) is 0 Å². The van der Waals surface area contributed by atoms with Crippen LogP contribution in [-0.4, -0.2) is 20.2 Å². The van der Waals surface area contributed by atoms with Crippen LogP contribution < -0.4 is 5.32 Å². The molecule has 102 valence electrons. The first-order chi connectivity index (χ1) is 9.35. The second-order valence-corrected chi connectivity index (χ2v) is 5.61. The highest BCUT2D eigenvalue weighted by atomic mass is 32.1. The molecule has 3 heteroatoms. The molecule has 1 heterocycles. The van der Waals surface area contributed by atoms with Crippen molar-refractivity contribution >= 4 is 11.3 Å². The lowest BCUT2D eigenvalue weighted by molar-refractivity contribution is 0.0677. The summed E-state index contributed by atoms with van der Waals surface area (Å²) in [6, 6.07) is 15.1. The van der Waals surface area contributed by atoms with Crippen molar-refractivity contribution in [3.05, 3.63) is 58.3 Å². The first-order valence-electron chi connectivity index (χ1n) is 6.62. The molecule has 0 bridgehead atoms. The van der Waals surface area contributed by atoms with Crippen LogP contribution in [0.5, 0.6) is 0 Å². The molecule has 1 N–H and O–H groups in total. The van der Waals surface area contributed by atoms with E-state index in [4.69, 9.17) is 4.74 Å². The monoisotopic (exact) mass is 275 g/mol. The Labute approximate surface area is 119 Å². The Hall–Kier alpha value is -1.16. The SMILES string of the molecule is CNC(CCc1cccs1)C(OC)c1ccccc1. The van der Waals surface area contributed by atoms with Gasteiger partial charge in [-0.05, 0) is 36.9 Å². The number of ether oxygens (including phenoxy) is 1. The summed E-state index contributed by atoms with van der Waals surface area (Å²) in [5.41, 5.74) is 1.23. The van der Waals surface area contributed by atoms with E-state index >= 15 is 0 Å². The normalized spacial score (nSPS) is 14.2. The Balaban J connectivity index is 2.02. The molecule has 0 fully saturated rings. The van der Waals surface area contributed by atoms with E-state index < -0.39 is 0 Å². The highest BCUT2D eigenvalue weighted by Gasteiger charge is 2.21. The summed E-state index contributed by atoms with van der Waals surface area (Å²) in [7, 11) is 3.79. The van der Waals surface area contributed by atoms with Crippen molar-refractivity contribution in [1.29, 1.82) is 0 Å². The van der Waals surface area contributed by atoms with Crippen molar-refractivity contribution in [2.75, 3.05) is 14.2 Å². The molecule has 2 nitrogen and oxygen atoms in total. The van der Waals surface area contributed by atoms with Crippen LogP contribution in [-0.2, 0) is 11.2 Å². The fourth-order valence-electron chi connectivity index (χ4n) is 2.38. The minimum absolute atomic E-state index is 0.103. The lowest BCUT2D eigenvalue weighted by Crippen LogP contribution is -2.33. The van der Waals surface area contributed by atoms with Gasteiger partial charge in [0, 0.05) is 18.0 Å². The molecule has 0 radical (unpaired) electrons. The zero-order chi connectivity index (χ0) is 13.5. The fraction of sp³-hybridized carbons (Fsp3) is 0.375. The van der Waals surface area contributed by atoms with Crippen LogP contribution >= 0.6 is 11.3 Å². The maximum Gasteiger partial charge on any atom is 0.0974 e. The summed E-state index contributed by atoms with van der Waals surface area (Å²) in [6.07, 6.45) is 2.27. The Morgan fingerprint density at radius 1 is 1.16 bits per heavy atom. The van der Waals surface area contributed by atoms with E-state index in [9.17, 15) is 0 Å². The standard InChI is InChI=1S/C16H21NOS/c1-17-15(11-10-14-9-6-12-19-14)16(18-2)13-7-4-3-5-8-13/h3-9,12,15-17H,10-11H2,1-2H3. The molecule has 2 aromatic rings. The smallest absolute Gasteiger partial charge is 0.0974 e. The van der Waals surface area contributed by atoms with Gasteiger partial charge >= 0.3 is 0 Å². The fourth-order valence-corrected chi connectivity index (χ4v) is 3.10. The summed E-state index contributed by atoms with van der Waals surface area (Å²) in [5, 5.41) is 5.53. The third kappa shape index (κ3) is 3.90. The number of thiophene rings is 1. The lowest BCUT2D eigenvalue weighted by Gasteiger charge is -2.26. The van der Waals surface area contributed by atoms with Gasteiger partial charge in [-0.3, -0.25) is 0 Å². The topological polar surface area (TPSA) is 21.3 Å². The van der Waals surface area contributed by atoms with Gasteiger partial charge in [-0.1, -0.05) is 36.4 Å². The number of benzene rings is 1. The molecule has 2 unspecified atom stereocenters. The minimum atomic E-state index is 0.103. The number of aryl methyl sites for hydroxylation is 1. The van der Waals surface area contributed by atoms with Crippen molar-refractivity contribution in [3.8, 4) is 0 Å². The van der Waals surface area contributed by atoms with Gasteiger partial charge in [0.1, 0.15) is 0 Å². The molecular formula is C16H21NOS. The van der Waals surface area contributed by atoms with Crippen LogP contribution in [0.1, 0.15) is 23.0 Å². The lowest BCUT2D eigenvalue weighted by atomic mass is 9.98. The molecule has 2 atom stereocenters. The molecule has 0 aliphatic rings. The zero-order valence-corrected chi connectivity index (χ0v) is 12.3. The van der Waals surface area contributed by atoms with Crippen LogP contribution in [0.15, 0.2) is 47.8 Å². The molecule has 0 saturated heterocycles. The quantitative estimate of drug-likeness (QED) is 0.832. The van der Waals surface area contributed by atoms with Crippen LogP contribution in [0.2, 0.25) is 0 Å². The van der Waals surface area contributed by atoms with Gasteiger partial charge in [0.15, 0.2) is 0 Å². The summed E-state index contributed by atoms with van der Waals surface area (Å²) in [4.78, 5) is 1.43. The van der Waals surface area contributed by atoms with Gasteiger partial charge in [0.25, 0.3) is 0 Å². The van der Waals surface area contributed by atoms with Crippen molar-refractivity contribution in [2.45, 2.75) is 25.0 Å². The van der Waals surface area contributed by atoms with Crippen LogP contribution in [0.25, 0.3) is 0 Å². The third-order valence-corrected chi connectivity index (χ3v) is 4.34. The Morgan fingerprint density at radius 3 is 2.53 bits per heavy atom. The van der Waals surface area contributed by atoms with E-state index in [1.807, 2.05) is 24.5 Å². The van der Waals surface area contributed by atoms with Gasteiger partial charge in [-0.15, -0.1) is 11.3 Å². The highest BCUT2D eigenvalue weighted by molar-refractivity contribution is 7.09. The van der Waals surface area contributed by atoms with E-state index in [2.05, 4.69) is 47.1 Å². The second-order valence-electron chi connectivity index (χ2n) is 4.58. The number of rotatable bonds is 7. The van der Waals surface area contributed by atoms with Crippen LogP contribution in [0.3, 0.4) is 0 Å². The second kappa shape index (κ2) is 7.43. The van der Waals surface area contributed by atoms with Crippen molar-refractivity contribution < 1.29 is 4.74 Å². The summed E-state index contributed by atoms with van der Waals surface area (Å²) < 4.78 is 5.70. The molecule has 19 heavy (non-hydrogen) atoms. The molecule has 0 spiro atoms. The molecular weight excluding hydrogens is 254 g/mol. The summed E-state index contributed by atoms with van der Waals surface area (Å²) in [5.74, 6) is 0. The summed E-state index contributed by atoms with van der Waals surface area (Å²) in [6.45, 7) is 0. The first-order valence-corrected chi connectivity index (χ1v) is 7.50. The van der Waals surface area contributed by atoms with E-state index in [0.717, 1.165) is 12.8 Å². The van der Waals surface area contributed by atoms with E-state index in [-0.39, 0.29) is 6.10 Å². The average molecular weight is 275 g/mol. The van der Waals surface area contributed by atoms with Gasteiger partial charge in [-0.2, -0.15) is 0 Å². The van der Waals surface area contributed by atoms with Gasteiger partial charge < -0.3 is 10.1 Å². The minimum Gasteiger partial charge on any atom is -0.375 e. The van der Waals surface area contributed by atoms with Gasteiger partial charge in [0.05, 0.1) is 6.10 Å². The van der Waals surface area contributed by atoms with Gasteiger partial charge in [-0.25, -0.2) is 0 Å². The Kier molecular flexibility index (Phi) is 5.58. The van der Waals surface area contributed by atoms with Crippen molar-refractivity contribution in [1.82, 2.24) is 5.32 Å². The maximum atomic E-state index is 5.70. The molecule has 0 amide bonds. The molecule has 0 aliphatic heterocycles. The Morgan fingerprint density at radius 2 is 1.95 bits per heavy atom. The van der Waals surface area contributed by atoms with E-state index in [1.54, 1.807) is 7.11 Å². The first kappa shape index (κ1) is 14.3. The average Bonchev–Trinajstić information content (AvgIpc) is 2.97. The van der Waals surface area contributed by atoms with Crippen molar-refractivity contribution in [3.63, 3.8) is 0 Å². The largest absolute Gasteiger partial charge is 0.375 e. The number of hydrogen-bond acceptors (Lipinski definition) is 3. The molecule has 1 aromatic carbocycles. The number of nitrogens with one attached hydrogen (secondary N) is 1. The summed E-state index contributed by atoms with van der Waals surface area (Å²) >= 11 is 1.82. The van der Waals surface area contributed by atoms with Crippen molar-refractivity contribution in [2.24, 2.45) is 0 Å². The van der Waals surface area contributed by atoms with E-state index in [0.29, 0.717) is 6.04 Å².